The van der Waals surface area contributed by atoms with Crippen molar-refractivity contribution >= 4 is 5.96 Å². The third-order valence-corrected chi connectivity index (χ3v) is 5.43. The summed E-state index contributed by atoms with van der Waals surface area (Å²) in [7, 11) is 1.78. The summed E-state index contributed by atoms with van der Waals surface area (Å²) in [6, 6.07) is 15.2. The number of rotatable bonds is 5. The van der Waals surface area contributed by atoms with E-state index in [1.807, 2.05) is 24.3 Å². The molecule has 144 valence electrons. The summed E-state index contributed by atoms with van der Waals surface area (Å²) < 4.78 is 18.9. The van der Waals surface area contributed by atoms with Crippen molar-refractivity contribution in [3.8, 4) is 0 Å². The fourth-order valence-corrected chi connectivity index (χ4v) is 3.59. The second-order valence-corrected chi connectivity index (χ2v) is 7.11. The van der Waals surface area contributed by atoms with Gasteiger partial charge in [-0.05, 0) is 48.6 Å². The normalized spacial score (nSPS) is 16.8. The van der Waals surface area contributed by atoms with Gasteiger partial charge in [-0.2, -0.15) is 0 Å². The van der Waals surface area contributed by atoms with E-state index in [1.165, 1.54) is 23.3 Å². The summed E-state index contributed by atoms with van der Waals surface area (Å²) >= 11 is 0. The summed E-state index contributed by atoms with van der Waals surface area (Å²) in [6.45, 7) is 5.00. The molecular formula is C22H28FN3O. The van der Waals surface area contributed by atoms with Crippen LogP contribution >= 0.6 is 0 Å². The first-order valence-corrected chi connectivity index (χ1v) is 9.46. The number of guanidine groups is 1. The largest absolute Gasteiger partial charge is 0.381 e. The maximum absolute atomic E-state index is 13.4. The highest BCUT2D eigenvalue weighted by Gasteiger charge is 2.34. The minimum Gasteiger partial charge on any atom is -0.381 e. The van der Waals surface area contributed by atoms with E-state index in [0.29, 0.717) is 13.2 Å². The van der Waals surface area contributed by atoms with Gasteiger partial charge in [-0.1, -0.05) is 36.4 Å². The van der Waals surface area contributed by atoms with Gasteiger partial charge in [-0.3, -0.25) is 4.99 Å². The summed E-state index contributed by atoms with van der Waals surface area (Å²) in [5.41, 5.74) is 3.58. The van der Waals surface area contributed by atoms with Crippen LogP contribution in [-0.2, 0) is 16.7 Å². The first-order chi connectivity index (χ1) is 13.1. The summed E-state index contributed by atoms with van der Waals surface area (Å²) in [5, 5.41) is 6.86. The fourth-order valence-electron chi connectivity index (χ4n) is 3.59. The lowest BCUT2D eigenvalue weighted by Crippen LogP contribution is -2.48. The molecule has 1 heterocycles. The van der Waals surface area contributed by atoms with Crippen LogP contribution in [0.4, 0.5) is 4.39 Å². The smallest absolute Gasteiger partial charge is 0.191 e. The minimum atomic E-state index is -0.204. The Bertz CT molecular complexity index is 767. The van der Waals surface area contributed by atoms with Gasteiger partial charge >= 0.3 is 0 Å². The van der Waals surface area contributed by atoms with Crippen LogP contribution in [0.1, 0.15) is 29.5 Å². The van der Waals surface area contributed by atoms with Crippen molar-refractivity contribution in [2.24, 2.45) is 4.99 Å². The number of ether oxygens (including phenoxy) is 1. The molecule has 5 heteroatoms. The molecular weight excluding hydrogens is 341 g/mol. The Kier molecular flexibility index (Phi) is 6.45. The lowest BCUT2D eigenvalue weighted by atomic mass is 9.74. The fraction of sp³-hybridized carbons (Fsp3) is 0.409. The quantitative estimate of drug-likeness (QED) is 0.626. The number of nitrogens with one attached hydrogen (secondary N) is 2. The van der Waals surface area contributed by atoms with Crippen LogP contribution < -0.4 is 10.6 Å². The molecule has 3 rings (SSSR count). The summed E-state index contributed by atoms with van der Waals surface area (Å²) in [6.07, 6.45) is 1.81. The molecule has 2 aromatic rings. The first-order valence-electron chi connectivity index (χ1n) is 9.46. The van der Waals surface area contributed by atoms with Crippen molar-refractivity contribution in [2.75, 3.05) is 26.8 Å². The molecule has 0 unspecified atom stereocenters. The molecule has 0 aromatic heterocycles. The molecule has 0 radical (unpaired) electrons. The molecule has 0 aliphatic carbocycles. The average Bonchev–Trinajstić information content (AvgIpc) is 2.70. The van der Waals surface area contributed by atoms with Crippen molar-refractivity contribution in [1.82, 2.24) is 10.6 Å². The van der Waals surface area contributed by atoms with Crippen molar-refractivity contribution in [1.29, 1.82) is 0 Å². The van der Waals surface area contributed by atoms with Crippen molar-refractivity contribution < 1.29 is 9.13 Å². The van der Waals surface area contributed by atoms with Gasteiger partial charge in [0.05, 0.1) is 0 Å². The Hall–Kier alpha value is -2.40. The highest BCUT2D eigenvalue weighted by molar-refractivity contribution is 5.79. The third-order valence-electron chi connectivity index (χ3n) is 5.43. The van der Waals surface area contributed by atoms with Gasteiger partial charge in [-0.15, -0.1) is 0 Å². The number of benzene rings is 2. The maximum atomic E-state index is 13.4. The molecule has 1 saturated heterocycles. The summed E-state index contributed by atoms with van der Waals surface area (Å²) in [5.74, 6) is 0.566. The van der Waals surface area contributed by atoms with Crippen molar-refractivity contribution in [3.63, 3.8) is 0 Å². The topological polar surface area (TPSA) is 45.7 Å². The Morgan fingerprint density at radius 2 is 1.78 bits per heavy atom. The predicted octanol–water partition coefficient (Wildman–Crippen LogP) is 3.55. The molecule has 27 heavy (non-hydrogen) atoms. The Labute approximate surface area is 160 Å². The van der Waals surface area contributed by atoms with Gasteiger partial charge in [0, 0.05) is 38.8 Å². The van der Waals surface area contributed by atoms with E-state index in [1.54, 1.807) is 7.05 Å². The molecule has 0 amide bonds. The van der Waals surface area contributed by atoms with Crippen molar-refractivity contribution in [3.05, 3.63) is 71.0 Å². The number of nitrogens with zero attached hydrogens (tertiary/aromatic N) is 1. The zero-order valence-electron chi connectivity index (χ0n) is 16.1. The number of aliphatic imine (C=N–C) groups is 1. The lowest BCUT2D eigenvalue weighted by Gasteiger charge is -2.38. The second kappa shape index (κ2) is 9.00. The number of hydrogen-bond donors (Lipinski definition) is 2. The molecule has 1 aliphatic rings. The van der Waals surface area contributed by atoms with Gasteiger partial charge in [0.2, 0.25) is 0 Å². The zero-order chi connectivity index (χ0) is 19.1. The molecule has 0 saturated carbocycles. The predicted molar refractivity (Wildman–Crippen MR) is 108 cm³/mol. The van der Waals surface area contributed by atoms with Gasteiger partial charge in [-0.25, -0.2) is 4.39 Å². The molecule has 4 nitrogen and oxygen atoms in total. The van der Waals surface area contributed by atoms with E-state index in [9.17, 15) is 4.39 Å². The highest BCUT2D eigenvalue weighted by atomic mass is 19.1. The molecule has 1 aliphatic heterocycles. The van der Waals surface area contributed by atoms with Gasteiger partial charge in [0.15, 0.2) is 5.96 Å². The van der Waals surface area contributed by atoms with E-state index < -0.39 is 0 Å². The van der Waals surface area contributed by atoms with Crippen LogP contribution in [0.25, 0.3) is 0 Å². The molecule has 0 atom stereocenters. The van der Waals surface area contributed by atoms with Crippen LogP contribution in [0.5, 0.6) is 0 Å². The molecule has 1 fully saturated rings. The number of hydrogen-bond acceptors (Lipinski definition) is 2. The Balaban J connectivity index is 1.67. The zero-order valence-corrected chi connectivity index (χ0v) is 16.1. The van der Waals surface area contributed by atoms with Crippen LogP contribution in [0.15, 0.2) is 53.5 Å². The van der Waals surface area contributed by atoms with E-state index in [-0.39, 0.29) is 11.2 Å². The van der Waals surface area contributed by atoms with E-state index in [0.717, 1.165) is 37.5 Å². The first kappa shape index (κ1) is 19.4. The Morgan fingerprint density at radius 1 is 1.07 bits per heavy atom. The second-order valence-electron chi connectivity index (χ2n) is 7.11. The maximum Gasteiger partial charge on any atom is 0.191 e. The molecule has 2 aromatic carbocycles. The van der Waals surface area contributed by atoms with E-state index in [2.05, 4.69) is 34.7 Å². The lowest BCUT2D eigenvalue weighted by molar-refractivity contribution is 0.0513. The monoisotopic (exact) mass is 369 g/mol. The van der Waals surface area contributed by atoms with Gasteiger partial charge in [0.25, 0.3) is 0 Å². The third kappa shape index (κ3) is 4.86. The number of aryl methyl sites for hydroxylation is 1. The number of halogens is 1. The van der Waals surface area contributed by atoms with Crippen LogP contribution in [-0.4, -0.2) is 32.8 Å². The van der Waals surface area contributed by atoms with Crippen LogP contribution in [0.2, 0.25) is 0 Å². The Morgan fingerprint density at radius 3 is 2.44 bits per heavy atom. The average molecular weight is 369 g/mol. The van der Waals surface area contributed by atoms with Gasteiger partial charge in [0.1, 0.15) is 5.82 Å². The SMILES string of the molecule is CN=C(NCc1ccccc1C)NCC1(c2ccc(F)cc2)CCOCC1. The van der Waals surface area contributed by atoms with E-state index >= 15 is 0 Å². The standard InChI is InChI=1S/C22H28FN3O/c1-17-5-3-4-6-18(17)15-25-21(24-2)26-16-22(11-13-27-14-12-22)19-7-9-20(23)10-8-19/h3-10H,11-16H2,1-2H3,(H2,24,25,26). The molecule has 0 spiro atoms. The van der Waals surface area contributed by atoms with Crippen molar-refractivity contribution in [2.45, 2.75) is 31.7 Å². The molecule has 0 bridgehead atoms. The molecule has 2 N–H and O–H groups in total. The minimum absolute atomic E-state index is 0.0771. The summed E-state index contributed by atoms with van der Waals surface area (Å²) in [4.78, 5) is 4.36. The highest BCUT2D eigenvalue weighted by Crippen LogP contribution is 2.34. The van der Waals surface area contributed by atoms with Gasteiger partial charge < -0.3 is 15.4 Å². The van der Waals surface area contributed by atoms with Crippen LogP contribution in [0.3, 0.4) is 0 Å². The van der Waals surface area contributed by atoms with E-state index in [4.69, 9.17) is 4.74 Å². The van der Waals surface area contributed by atoms with Crippen LogP contribution in [0, 0.1) is 12.7 Å².